The Morgan fingerprint density at radius 1 is 1.19 bits per heavy atom. The van der Waals surface area contributed by atoms with E-state index < -0.39 is 12.6 Å². The number of guanidine groups is 1. The van der Waals surface area contributed by atoms with E-state index in [0.717, 1.165) is 56.1 Å². The van der Waals surface area contributed by atoms with E-state index in [1.807, 2.05) is 13.8 Å². The highest BCUT2D eigenvalue weighted by Gasteiger charge is 2.26. The summed E-state index contributed by atoms with van der Waals surface area (Å²) >= 11 is 1.43. The molecule has 27 heavy (non-hydrogen) atoms. The Bertz CT molecular complexity index is 573. The van der Waals surface area contributed by atoms with Crippen molar-refractivity contribution in [1.29, 1.82) is 0 Å². The minimum Gasteiger partial charge on any atom is -0.357 e. The van der Waals surface area contributed by atoms with E-state index in [2.05, 4.69) is 29.5 Å². The van der Waals surface area contributed by atoms with Crippen LogP contribution in [0.1, 0.15) is 38.9 Å². The van der Waals surface area contributed by atoms with Crippen molar-refractivity contribution in [3.63, 3.8) is 0 Å². The number of unbranched alkanes of at least 4 members (excludes halogenated alkanes) is 1. The molecule has 2 heterocycles. The minimum absolute atomic E-state index is 0. The van der Waals surface area contributed by atoms with Gasteiger partial charge in [-0.25, -0.2) is 4.98 Å². The Hall–Kier alpha value is -0.850. The number of nitrogens with one attached hydrogen (secondary N) is 1. The molecule has 1 aliphatic rings. The third kappa shape index (κ3) is 8.36. The van der Waals surface area contributed by atoms with Crippen LogP contribution in [-0.4, -0.2) is 65.7 Å². The lowest BCUT2D eigenvalue weighted by Gasteiger charge is -2.36. The molecule has 0 unspecified atom stereocenters. The number of rotatable bonds is 7. The maximum Gasteiger partial charge on any atom is 0.389 e. The molecule has 2 rings (SSSR count). The van der Waals surface area contributed by atoms with Gasteiger partial charge >= 0.3 is 6.18 Å². The van der Waals surface area contributed by atoms with Crippen LogP contribution >= 0.6 is 35.5 Å². The van der Waals surface area contributed by atoms with Crippen LogP contribution in [0.4, 0.5) is 18.3 Å². The van der Waals surface area contributed by atoms with Gasteiger partial charge in [0.15, 0.2) is 5.96 Å². The molecule has 156 valence electrons. The summed E-state index contributed by atoms with van der Waals surface area (Å²) in [6.45, 7) is 8.44. The first-order valence-electron chi connectivity index (χ1n) is 9.10. The number of nitrogens with zero attached hydrogens (tertiary/aromatic N) is 5. The number of piperazine rings is 1. The number of hydrogen-bond acceptors (Lipinski definition) is 5. The van der Waals surface area contributed by atoms with Gasteiger partial charge < -0.3 is 15.1 Å². The van der Waals surface area contributed by atoms with Crippen LogP contribution in [0.5, 0.6) is 0 Å². The molecule has 0 bridgehead atoms. The van der Waals surface area contributed by atoms with Gasteiger partial charge in [0, 0.05) is 63.6 Å². The third-order valence-corrected chi connectivity index (χ3v) is 4.90. The van der Waals surface area contributed by atoms with Gasteiger partial charge in [-0.1, -0.05) is 6.92 Å². The average Bonchev–Trinajstić information content (AvgIpc) is 3.09. The van der Waals surface area contributed by atoms with Crippen molar-refractivity contribution in [3.8, 4) is 0 Å². The Morgan fingerprint density at radius 2 is 1.89 bits per heavy atom. The van der Waals surface area contributed by atoms with Crippen molar-refractivity contribution in [2.45, 2.75) is 45.7 Å². The summed E-state index contributed by atoms with van der Waals surface area (Å²) < 4.78 is 40.9. The van der Waals surface area contributed by atoms with Crippen molar-refractivity contribution >= 4 is 46.6 Å². The lowest BCUT2D eigenvalue weighted by molar-refractivity contribution is -0.135. The van der Waals surface area contributed by atoms with Crippen LogP contribution in [0.2, 0.25) is 0 Å². The smallest absolute Gasteiger partial charge is 0.357 e. The standard InChI is InChI=1S/C16H27F3N6S.HI/c1-3-13-22-15(26-23-13)25-11-9-24(10-12-25)14(20-4-2)21-8-6-5-7-16(17,18)19;/h3-12H2,1-2H3,(H,20,21);1H. The summed E-state index contributed by atoms with van der Waals surface area (Å²) in [4.78, 5) is 13.4. The van der Waals surface area contributed by atoms with E-state index in [-0.39, 0.29) is 30.4 Å². The van der Waals surface area contributed by atoms with E-state index in [1.54, 1.807) is 0 Å². The topological polar surface area (TPSA) is 56.7 Å². The first-order valence-corrected chi connectivity index (χ1v) is 9.87. The Kier molecular flexibility index (Phi) is 10.6. The molecule has 0 spiro atoms. The maximum atomic E-state index is 12.2. The second-order valence-corrected chi connectivity index (χ2v) is 6.86. The lowest BCUT2D eigenvalue weighted by Crippen LogP contribution is -2.52. The zero-order valence-corrected chi connectivity index (χ0v) is 18.9. The summed E-state index contributed by atoms with van der Waals surface area (Å²) in [5.41, 5.74) is 0. The Morgan fingerprint density at radius 3 is 2.44 bits per heavy atom. The van der Waals surface area contributed by atoms with Gasteiger partial charge in [-0.3, -0.25) is 4.99 Å². The molecule has 0 radical (unpaired) electrons. The largest absolute Gasteiger partial charge is 0.389 e. The monoisotopic (exact) mass is 520 g/mol. The van der Waals surface area contributed by atoms with Crippen LogP contribution < -0.4 is 10.2 Å². The van der Waals surface area contributed by atoms with Gasteiger partial charge in [0.05, 0.1) is 0 Å². The Labute approximate surface area is 179 Å². The molecule has 0 atom stereocenters. The van der Waals surface area contributed by atoms with Crippen molar-refractivity contribution in [3.05, 3.63) is 5.82 Å². The van der Waals surface area contributed by atoms with Crippen LogP contribution in [0, 0.1) is 0 Å². The predicted molar refractivity (Wildman–Crippen MR) is 114 cm³/mol. The average molecular weight is 520 g/mol. The number of aromatic nitrogens is 2. The number of aliphatic imine (C=N–C) groups is 1. The summed E-state index contributed by atoms with van der Waals surface area (Å²) in [5.74, 6) is 1.66. The molecule has 1 aromatic rings. The molecule has 6 nitrogen and oxygen atoms in total. The highest BCUT2D eigenvalue weighted by atomic mass is 127. The van der Waals surface area contributed by atoms with Gasteiger partial charge in [-0.05, 0) is 19.8 Å². The van der Waals surface area contributed by atoms with Crippen molar-refractivity contribution in [2.24, 2.45) is 4.99 Å². The molecule has 1 saturated heterocycles. The van der Waals surface area contributed by atoms with E-state index in [1.165, 1.54) is 11.5 Å². The molecule has 0 saturated carbocycles. The second-order valence-electron chi connectivity index (χ2n) is 6.13. The first-order chi connectivity index (χ1) is 12.4. The molecule has 1 fully saturated rings. The number of halogens is 4. The first kappa shape index (κ1) is 24.2. The van der Waals surface area contributed by atoms with E-state index in [4.69, 9.17) is 0 Å². The fourth-order valence-corrected chi connectivity index (χ4v) is 3.48. The van der Waals surface area contributed by atoms with Gasteiger partial charge in [-0.15, -0.1) is 24.0 Å². The van der Waals surface area contributed by atoms with Crippen molar-refractivity contribution < 1.29 is 13.2 Å². The predicted octanol–water partition coefficient (Wildman–Crippen LogP) is 3.54. The fourth-order valence-electron chi connectivity index (χ4n) is 2.67. The lowest BCUT2D eigenvalue weighted by atomic mass is 10.2. The highest BCUT2D eigenvalue weighted by Crippen LogP contribution is 2.22. The van der Waals surface area contributed by atoms with Gasteiger partial charge in [0.25, 0.3) is 0 Å². The molecular formula is C16H28F3IN6S. The number of hydrogen-bond donors (Lipinski definition) is 1. The second kappa shape index (κ2) is 11.9. The Balaban J connectivity index is 0.00000364. The number of aryl methyl sites for hydroxylation is 1. The van der Waals surface area contributed by atoms with E-state index >= 15 is 0 Å². The summed E-state index contributed by atoms with van der Waals surface area (Å²) in [6, 6.07) is 0. The van der Waals surface area contributed by atoms with Gasteiger partial charge in [0.2, 0.25) is 5.13 Å². The minimum atomic E-state index is -4.08. The SMILES string of the molecule is CCNC(=NCCCCC(F)(F)F)N1CCN(c2nc(CC)ns2)CC1.I. The van der Waals surface area contributed by atoms with Gasteiger partial charge in [-0.2, -0.15) is 17.5 Å². The van der Waals surface area contributed by atoms with Crippen LogP contribution in [0.3, 0.4) is 0 Å². The van der Waals surface area contributed by atoms with Crippen molar-refractivity contribution in [1.82, 2.24) is 19.6 Å². The normalized spacial score (nSPS) is 15.7. The van der Waals surface area contributed by atoms with Crippen LogP contribution in [0.15, 0.2) is 4.99 Å². The van der Waals surface area contributed by atoms with Crippen molar-refractivity contribution in [2.75, 3.05) is 44.2 Å². The summed E-state index contributed by atoms with van der Waals surface area (Å²) in [6.07, 6.45) is -3.41. The zero-order chi connectivity index (χ0) is 19.0. The maximum absolute atomic E-state index is 12.2. The molecule has 0 aromatic carbocycles. The van der Waals surface area contributed by atoms with Crippen LogP contribution in [0.25, 0.3) is 0 Å². The highest BCUT2D eigenvalue weighted by molar-refractivity contribution is 14.0. The zero-order valence-electron chi connectivity index (χ0n) is 15.8. The molecule has 1 N–H and O–H groups in total. The molecular weight excluding hydrogens is 492 g/mol. The van der Waals surface area contributed by atoms with Gasteiger partial charge in [0.1, 0.15) is 5.82 Å². The summed E-state index contributed by atoms with van der Waals surface area (Å²) in [5, 5.41) is 4.19. The quantitative estimate of drug-likeness (QED) is 0.258. The van der Waals surface area contributed by atoms with E-state index in [9.17, 15) is 13.2 Å². The molecule has 0 amide bonds. The molecule has 1 aromatic heterocycles. The number of alkyl halides is 3. The molecule has 11 heteroatoms. The van der Waals surface area contributed by atoms with Crippen LogP contribution in [-0.2, 0) is 6.42 Å². The molecule has 1 aliphatic heterocycles. The third-order valence-electron chi connectivity index (χ3n) is 4.09. The molecule has 0 aliphatic carbocycles. The van der Waals surface area contributed by atoms with E-state index in [0.29, 0.717) is 13.0 Å². The fraction of sp³-hybridized carbons (Fsp3) is 0.812. The summed E-state index contributed by atoms with van der Waals surface area (Å²) in [7, 11) is 0. The number of anilines is 1.